The molecule has 0 aliphatic rings. The number of alkyl carbamates (subject to hydrolysis) is 1. The fraction of sp³-hybridized carbons (Fsp3) is 0.350. The second kappa shape index (κ2) is 9.41. The van der Waals surface area contributed by atoms with Crippen LogP contribution in [0.3, 0.4) is 0 Å². The van der Waals surface area contributed by atoms with Crippen molar-refractivity contribution >= 4 is 23.0 Å². The average Bonchev–Trinajstić information content (AvgIpc) is 2.61. The molecule has 1 N–H and O–H groups in total. The van der Waals surface area contributed by atoms with Crippen molar-refractivity contribution in [2.24, 2.45) is 0 Å². The summed E-state index contributed by atoms with van der Waals surface area (Å²) in [6.07, 6.45) is 1.33. The minimum atomic E-state index is -0.750. The summed E-state index contributed by atoms with van der Waals surface area (Å²) in [5.41, 5.74) is 0.248. The average molecular weight is 388 g/mol. The van der Waals surface area contributed by atoms with E-state index in [1.54, 1.807) is 46.2 Å². The summed E-state index contributed by atoms with van der Waals surface area (Å²) in [4.78, 5) is 29.1. The molecule has 0 saturated heterocycles. The first-order chi connectivity index (χ1) is 12.8. The zero-order valence-corrected chi connectivity index (χ0v) is 16.7. The number of nitrogens with one attached hydrogen (secondary N) is 1. The third-order valence-electron chi connectivity index (χ3n) is 3.42. The Morgan fingerprint density at radius 1 is 1.15 bits per heavy atom. The molecule has 27 heavy (non-hydrogen) atoms. The highest BCUT2D eigenvalue weighted by molar-refractivity contribution is 8.13. The molecule has 1 amide bonds. The zero-order valence-electron chi connectivity index (χ0n) is 15.9. The summed E-state index contributed by atoms with van der Waals surface area (Å²) in [5, 5.41) is 3.04. The number of hydrogen-bond donors (Lipinski definition) is 1. The Bertz CT molecular complexity index is 758. The van der Waals surface area contributed by atoms with Gasteiger partial charge in [-0.1, -0.05) is 18.2 Å². The third kappa shape index (κ3) is 7.30. The molecule has 0 saturated carbocycles. The number of carbonyl (C=O) groups excluding carboxylic acids is 2. The molecule has 1 heterocycles. The number of nitrogens with zero attached hydrogens (tertiary/aromatic N) is 1. The van der Waals surface area contributed by atoms with E-state index in [2.05, 4.69) is 10.3 Å². The van der Waals surface area contributed by atoms with Gasteiger partial charge in [0.15, 0.2) is 0 Å². The molecule has 0 spiro atoms. The standard InChI is InChI=1S/C20H24N2O4S/c1-20(2,3)26-19(24)22-16(13-14-8-10-15(25-4)11-9-14)18(23)27-17-7-5-6-12-21-17/h5-12,16H,13H2,1-4H3,(H,22,24)/t16-/m0/s1. The van der Waals surface area contributed by atoms with Crippen LogP contribution in [0.1, 0.15) is 26.3 Å². The van der Waals surface area contributed by atoms with Crippen molar-refractivity contribution in [3.05, 3.63) is 54.2 Å². The van der Waals surface area contributed by atoms with Crippen molar-refractivity contribution in [1.82, 2.24) is 10.3 Å². The fourth-order valence-electron chi connectivity index (χ4n) is 2.22. The minimum absolute atomic E-state index is 0.213. The predicted octanol–water partition coefficient (Wildman–Crippen LogP) is 3.84. The molecular weight excluding hydrogens is 364 g/mol. The van der Waals surface area contributed by atoms with Crippen LogP contribution >= 0.6 is 11.8 Å². The summed E-state index contributed by atoms with van der Waals surface area (Å²) < 4.78 is 10.4. The summed E-state index contributed by atoms with van der Waals surface area (Å²) in [6.45, 7) is 5.32. The molecule has 7 heteroatoms. The van der Waals surface area contributed by atoms with Crippen molar-refractivity contribution in [1.29, 1.82) is 0 Å². The van der Waals surface area contributed by atoms with Gasteiger partial charge in [-0.2, -0.15) is 0 Å². The van der Waals surface area contributed by atoms with Crippen LogP contribution in [0.4, 0.5) is 4.79 Å². The van der Waals surface area contributed by atoms with Crippen LogP contribution in [0.15, 0.2) is 53.7 Å². The van der Waals surface area contributed by atoms with Gasteiger partial charge in [0.2, 0.25) is 5.12 Å². The first kappa shape index (κ1) is 20.8. The molecule has 0 bridgehead atoms. The number of methoxy groups -OCH3 is 1. The smallest absolute Gasteiger partial charge is 0.408 e. The Hall–Kier alpha value is -2.54. The van der Waals surface area contributed by atoms with Crippen LogP contribution in [-0.2, 0) is 16.0 Å². The number of amides is 1. The first-order valence-corrected chi connectivity index (χ1v) is 9.33. The van der Waals surface area contributed by atoms with Gasteiger partial charge in [0.25, 0.3) is 0 Å². The highest BCUT2D eigenvalue weighted by Crippen LogP contribution is 2.20. The van der Waals surface area contributed by atoms with E-state index in [0.29, 0.717) is 11.4 Å². The molecule has 0 fully saturated rings. The molecule has 6 nitrogen and oxygen atoms in total. The van der Waals surface area contributed by atoms with Gasteiger partial charge >= 0.3 is 6.09 Å². The van der Waals surface area contributed by atoms with Crippen LogP contribution in [0, 0.1) is 0 Å². The molecule has 2 rings (SSSR count). The quantitative estimate of drug-likeness (QED) is 0.758. The number of pyridine rings is 1. The number of benzene rings is 1. The summed E-state index contributed by atoms with van der Waals surface area (Å²) in [7, 11) is 1.59. The van der Waals surface area contributed by atoms with Gasteiger partial charge in [-0.3, -0.25) is 4.79 Å². The minimum Gasteiger partial charge on any atom is -0.497 e. The molecule has 0 aliphatic carbocycles. The van der Waals surface area contributed by atoms with Crippen molar-refractivity contribution in [2.75, 3.05) is 7.11 Å². The predicted molar refractivity (Wildman–Crippen MR) is 105 cm³/mol. The summed E-state index contributed by atoms with van der Waals surface area (Å²) in [6, 6.07) is 11.9. The lowest BCUT2D eigenvalue weighted by molar-refractivity contribution is -0.112. The monoisotopic (exact) mass is 388 g/mol. The maximum atomic E-state index is 12.8. The molecular formula is C20H24N2O4S. The number of hydrogen-bond acceptors (Lipinski definition) is 6. The van der Waals surface area contributed by atoms with Gasteiger partial charge in [-0.05, 0) is 62.4 Å². The van der Waals surface area contributed by atoms with Gasteiger partial charge in [0, 0.05) is 12.6 Å². The first-order valence-electron chi connectivity index (χ1n) is 8.52. The van der Waals surface area contributed by atoms with Crippen LogP contribution < -0.4 is 10.1 Å². The Morgan fingerprint density at radius 3 is 2.41 bits per heavy atom. The van der Waals surface area contributed by atoms with Crippen molar-refractivity contribution in [3.8, 4) is 5.75 Å². The number of aromatic nitrogens is 1. The van der Waals surface area contributed by atoms with E-state index in [1.165, 1.54) is 0 Å². The summed E-state index contributed by atoms with van der Waals surface area (Å²) >= 11 is 0.994. The molecule has 0 radical (unpaired) electrons. The van der Waals surface area contributed by atoms with Gasteiger partial charge < -0.3 is 14.8 Å². The number of carbonyl (C=O) groups is 2. The number of ether oxygens (including phenoxy) is 2. The third-order valence-corrected chi connectivity index (χ3v) is 4.35. The Kier molecular flexibility index (Phi) is 7.24. The van der Waals surface area contributed by atoms with Crippen molar-refractivity contribution < 1.29 is 19.1 Å². The Labute approximate surface area is 163 Å². The van der Waals surface area contributed by atoms with Gasteiger partial charge in [0.1, 0.15) is 22.4 Å². The zero-order chi connectivity index (χ0) is 19.9. The van der Waals surface area contributed by atoms with Crippen molar-refractivity contribution in [2.45, 2.75) is 43.9 Å². The maximum absolute atomic E-state index is 12.8. The molecule has 2 aromatic rings. The highest BCUT2D eigenvalue weighted by atomic mass is 32.2. The molecule has 144 valence electrons. The topological polar surface area (TPSA) is 77.5 Å². The highest BCUT2D eigenvalue weighted by Gasteiger charge is 2.25. The van der Waals surface area contributed by atoms with Gasteiger partial charge in [-0.25, -0.2) is 9.78 Å². The largest absolute Gasteiger partial charge is 0.497 e. The second-order valence-corrected chi connectivity index (χ2v) is 7.86. The van der Waals surface area contributed by atoms with Crippen LogP contribution in [0.2, 0.25) is 0 Å². The fourth-order valence-corrected chi connectivity index (χ4v) is 2.97. The van der Waals surface area contributed by atoms with E-state index in [1.807, 2.05) is 30.3 Å². The summed E-state index contributed by atoms with van der Waals surface area (Å²) in [5.74, 6) is 0.726. The number of thioether (sulfide) groups is 1. The molecule has 1 atom stereocenters. The number of rotatable bonds is 6. The molecule has 1 aromatic heterocycles. The lowest BCUT2D eigenvalue weighted by Crippen LogP contribution is -2.43. The Balaban J connectivity index is 2.13. The SMILES string of the molecule is COc1ccc(C[C@H](NC(=O)OC(C)(C)C)C(=O)Sc2ccccn2)cc1. The lowest BCUT2D eigenvalue weighted by Gasteiger charge is -2.23. The van der Waals surface area contributed by atoms with Gasteiger partial charge in [0.05, 0.1) is 7.11 Å². The molecule has 0 aliphatic heterocycles. The maximum Gasteiger partial charge on any atom is 0.408 e. The van der Waals surface area contributed by atoms with E-state index >= 15 is 0 Å². The van der Waals surface area contributed by atoms with E-state index in [4.69, 9.17) is 9.47 Å². The lowest BCUT2D eigenvalue weighted by atomic mass is 10.1. The van der Waals surface area contributed by atoms with E-state index in [-0.39, 0.29) is 5.12 Å². The second-order valence-electron chi connectivity index (χ2n) is 6.84. The normalized spacial score (nSPS) is 12.1. The Morgan fingerprint density at radius 2 is 1.85 bits per heavy atom. The van der Waals surface area contributed by atoms with E-state index < -0.39 is 17.7 Å². The van der Waals surface area contributed by atoms with E-state index in [0.717, 1.165) is 23.1 Å². The molecule has 1 aromatic carbocycles. The van der Waals surface area contributed by atoms with Crippen molar-refractivity contribution in [3.63, 3.8) is 0 Å². The molecule has 0 unspecified atom stereocenters. The van der Waals surface area contributed by atoms with Crippen LogP contribution in [0.25, 0.3) is 0 Å². The van der Waals surface area contributed by atoms with E-state index in [9.17, 15) is 9.59 Å². The van der Waals surface area contributed by atoms with Gasteiger partial charge in [-0.15, -0.1) is 0 Å². The van der Waals surface area contributed by atoms with Crippen LogP contribution in [-0.4, -0.2) is 34.9 Å². The van der Waals surface area contributed by atoms with Crippen LogP contribution in [0.5, 0.6) is 5.75 Å².